The Morgan fingerprint density at radius 1 is 1.11 bits per heavy atom. The largest absolute Gasteiger partial charge is 0.349 e. The third-order valence-corrected chi connectivity index (χ3v) is 4.88. The number of aromatic nitrogens is 3. The Bertz CT molecular complexity index is 1270. The number of halogens is 2. The van der Waals surface area contributed by atoms with Crippen molar-refractivity contribution in [2.45, 2.75) is 12.3 Å². The normalized spacial score (nSPS) is 12.6. The van der Waals surface area contributed by atoms with Gasteiger partial charge in [-0.25, -0.2) is 4.79 Å². The summed E-state index contributed by atoms with van der Waals surface area (Å²) in [5.74, 6) is 0. The van der Waals surface area contributed by atoms with Crippen molar-refractivity contribution in [2.75, 3.05) is 0 Å². The third kappa shape index (κ3) is 3.29. The van der Waals surface area contributed by atoms with Crippen molar-refractivity contribution in [1.29, 1.82) is 10.5 Å². The molecule has 28 heavy (non-hydrogen) atoms. The lowest BCUT2D eigenvalue weighted by Gasteiger charge is -2.24. The highest BCUT2D eigenvalue weighted by atomic mass is 35.5. The van der Waals surface area contributed by atoms with E-state index in [0.717, 1.165) is 4.68 Å². The van der Waals surface area contributed by atoms with Crippen LogP contribution in [0.5, 0.6) is 0 Å². The van der Waals surface area contributed by atoms with Crippen LogP contribution in [0, 0.1) is 22.7 Å². The molecule has 138 valence electrons. The molecule has 9 heteroatoms. The molecule has 1 aromatic heterocycles. The monoisotopic (exact) mass is 411 g/mol. The highest BCUT2D eigenvalue weighted by Gasteiger charge is 2.31. The van der Waals surface area contributed by atoms with Crippen LogP contribution < -0.4 is 11.2 Å². The van der Waals surface area contributed by atoms with Crippen LogP contribution >= 0.6 is 23.2 Å². The maximum atomic E-state index is 12.0. The molecule has 2 aromatic carbocycles. The summed E-state index contributed by atoms with van der Waals surface area (Å²) in [6.07, 6.45) is 0. The number of nitrogens with one attached hydrogen (secondary N) is 1. The maximum absolute atomic E-state index is 12.0. The molecule has 1 N–H and O–H groups in total. The topological polar surface area (TPSA) is 115 Å². The fourth-order valence-electron chi connectivity index (χ4n) is 2.75. The molecule has 0 saturated heterocycles. The average Bonchev–Trinajstić information content (AvgIpc) is 2.68. The van der Waals surface area contributed by atoms with E-state index in [1.54, 1.807) is 43.3 Å². The zero-order valence-corrected chi connectivity index (χ0v) is 15.9. The van der Waals surface area contributed by atoms with Gasteiger partial charge in [0.05, 0.1) is 11.8 Å². The van der Waals surface area contributed by atoms with Gasteiger partial charge in [-0.05, 0) is 42.3 Å². The summed E-state index contributed by atoms with van der Waals surface area (Å²) in [7, 11) is 0. The van der Waals surface area contributed by atoms with Gasteiger partial charge in [0.25, 0.3) is 5.56 Å². The van der Waals surface area contributed by atoms with Crippen LogP contribution in [0.1, 0.15) is 23.7 Å². The van der Waals surface area contributed by atoms with Gasteiger partial charge in [-0.15, -0.1) is 5.10 Å². The summed E-state index contributed by atoms with van der Waals surface area (Å²) < 4.78 is 0.863. The molecule has 7 nitrogen and oxygen atoms in total. The molecule has 0 saturated carbocycles. The van der Waals surface area contributed by atoms with Gasteiger partial charge >= 0.3 is 5.69 Å². The van der Waals surface area contributed by atoms with Gasteiger partial charge in [0.1, 0.15) is 11.5 Å². The van der Waals surface area contributed by atoms with Crippen LogP contribution in [-0.4, -0.2) is 14.8 Å². The van der Waals surface area contributed by atoms with E-state index in [0.29, 0.717) is 16.1 Å². The Labute approximate surface area is 169 Å². The first-order valence-electron chi connectivity index (χ1n) is 7.91. The molecule has 0 aliphatic rings. The number of nitriles is 2. The Kier molecular flexibility index (Phi) is 5.06. The zero-order chi connectivity index (χ0) is 20.5. The quantitative estimate of drug-likeness (QED) is 0.710. The lowest BCUT2D eigenvalue weighted by atomic mass is 9.77. The van der Waals surface area contributed by atoms with E-state index < -0.39 is 22.4 Å². The highest BCUT2D eigenvalue weighted by molar-refractivity contribution is 6.32. The first-order chi connectivity index (χ1) is 13.3. The fraction of sp³-hybridized carbons (Fsp3) is 0.105. The van der Waals surface area contributed by atoms with E-state index in [9.17, 15) is 14.9 Å². The molecule has 0 fully saturated rings. The number of nitrogens with zero attached hydrogens (tertiary/aromatic N) is 4. The number of H-pyrrole nitrogens is 1. The van der Waals surface area contributed by atoms with E-state index in [-0.39, 0.29) is 10.7 Å². The summed E-state index contributed by atoms with van der Waals surface area (Å²) in [4.78, 5) is 25.6. The van der Waals surface area contributed by atoms with Gasteiger partial charge in [0.2, 0.25) is 5.69 Å². The molecule has 3 aromatic rings. The van der Waals surface area contributed by atoms with Gasteiger partial charge in [-0.1, -0.05) is 41.4 Å². The summed E-state index contributed by atoms with van der Waals surface area (Å²) in [6, 6.07) is 15.3. The van der Waals surface area contributed by atoms with Crippen LogP contribution in [0.4, 0.5) is 0 Å². The van der Waals surface area contributed by atoms with Gasteiger partial charge in [-0.3, -0.25) is 9.78 Å². The molecular weight excluding hydrogens is 401 g/mol. The van der Waals surface area contributed by atoms with Gasteiger partial charge < -0.3 is 0 Å². The van der Waals surface area contributed by atoms with Gasteiger partial charge in [0.15, 0.2) is 0 Å². The minimum Gasteiger partial charge on any atom is -0.270 e. The number of rotatable bonds is 3. The summed E-state index contributed by atoms with van der Waals surface area (Å²) >= 11 is 12.3. The number of aromatic amines is 1. The SMILES string of the molecule is CC(C#N)(c1ccc(Cl)cc1)c1ccc(-n2nc(C#N)c(=O)[nH]c2=O)cc1Cl. The molecule has 0 bridgehead atoms. The summed E-state index contributed by atoms with van der Waals surface area (Å²) in [5, 5.41) is 23.3. The average molecular weight is 412 g/mol. The Hall–Kier alpha value is -3.39. The van der Waals surface area contributed by atoms with E-state index in [1.807, 2.05) is 4.98 Å². The predicted octanol–water partition coefficient (Wildman–Crippen LogP) is 2.93. The molecule has 1 heterocycles. The van der Waals surface area contributed by atoms with Crippen molar-refractivity contribution in [1.82, 2.24) is 14.8 Å². The fourth-order valence-corrected chi connectivity index (χ4v) is 3.24. The minimum absolute atomic E-state index is 0.218. The third-order valence-electron chi connectivity index (χ3n) is 4.31. The smallest absolute Gasteiger partial charge is 0.270 e. The molecular formula is C19H11Cl2N5O2. The number of hydrogen-bond acceptors (Lipinski definition) is 5. The minimum atomic E-state index is -1.07. The standard InChI is InChI=1S/C19H11Cl2N5O2/c1-19(10-23,11-2-4-12(20)5-3-11)14-7-6-13(8-15(14)21)26-18(28)24-17(27)16(9-22)25-26/h2-8H,1H3,(H,24,27,28). The molecule has 0 amide bonds. The first kappa shape index (κ1) is 19.4. The van der Waals surface area contributed by atoms with Crippen LogP contribution in [-0.2, 0) is 5.41 Å². The van der Waals surface area contributed by atoms with Crippen LogP contribution in [0.25, 0.3) is 5.69 Å². The molecule has 3 rings (SSSR count). The van der Waals surface area contributed by atoms with E-state index >= 15 is 0 Å². The Balaban J connectivity index is 2.15. The van der Waals surface area contributed by atoms with Crippen molar-refractivity contribution in [2.24, 2.45) is 0 Å². The Morgan fingerprint density at radius 2 is 1.79 bits per heavy atom. The van der Waals surface area contributed by atoms with Crippen LogP contribution in [0.2, 0.25) is 10.0 Å². The lowest BCUT2D eigenvalue weighted by molar-refractivity contribution is 0.728. The van der Waals surface area contributed by atoms with E-state index in [4.69, 9.17) is 28.5 Å². The number of benzene rings is 2. The van der Waals surface area contributed by atoms with Crippen LogP contribution in [0.15, 0.2) is 52.1 Å². The molecule has 0 spiro atoms. The van der Waals surface area contributed by atoms with Gasteiger partial charge in [-0.2, -0.15) is 15.2 Å². The highest BCUT2D eigenvalue weighted by Crippen LogP contribution is 2.37. The van der Waals surface area contributed by atoms with Crippen LogP contribution in [0.3, 0.4) is 0 Å². The molecule has 1 atom stereocenters. The van der Waals surface area contributed by atoms with Crippen molar-refractivity contribution >= 4 is 23.2 Å². The van der Waals surface area contributed by atoms with E-state index in [1.165, 1.54) is 12.1 Å². The lowest BCUT2D eigenvalue weighted by Crippen LogP contribution is -2.33. The second-order valence-electron chi connectivity index (χ2n) is 6.04. The van der Waals surface area contributed by atoms with Crippen molar-refractivity contribution in [3.05, 3.63) is 90.2 Å². The second kappa shape index (κ2) is 7.32. The predicted molar refractivity (Wildman–Crippen MR) is 104 cm³/mol. The summed E-state index contributed by atoms with van der Waals surface area (Å²) in [5.41, 5.74) is -1.76. The molecule has 0 aliphatic carbocycles. The summed E-state index contributed by atoms with van der Waals surface area (Å²) in [6.45, 7) is 1.72. The maximum Gasteiger partial charge on any atom is 0.349 e. The van der Waals surface area contributed by atoms with Crippen molar-refractivity contribution in [3.63, 3.8) is 0 Å². The molecule has 0 radical (unpaired) electrons. The Morgan fingerprint density at radius 3 is 2.36 bits per heavy atom. The zero-order valence-electron chi connectivity index (χ0n) is 14.4. The molecule has 0 aliphatic heterocycles. The first-order valence-corrected chi connectivity index (χ1v) is 8.67. The van der Waals surface area contributed by atoms with Gasteiger partial charge in [0, 0.05) is 10.0 Å². The molecule has 1 unspecified atom stereocenters. The van der Waals surface area contributed by atoms with Crippen molar-refractivity contribution in [3.8, 4) is 17.8 Å². The number of hydrogen-bond donors (Lipinski definition) is 1. The van der Waals surface area contributed by atoms with Crippen molar-refractivity contribution < 1.29 is 0 Å². The van der Waals surface area contributed by atoms with E-state index in [2.05, 4.69) is 11.2 Å². The second-order valence-corrected chi connectivity index (χ2v) is 6.88.